The number of carbonyl (C=O) groups is 1. The van der Waals surface area contributed by atoms with Crippen molar-refractivity contribution in [1.82, 2.24) is 15.2 Å². The standard InChI is InChI=1S/C10H9N3O3/c1-5-3-4-7(6(2)11-5)8-12-13-9(16-8)10(14)15/h3-4H,1-2H3,(H,14,15). The Morgan fingerprint density at radius 3 is 2.62 bits per heavy atom. The number of nitrogens with zero attached hydrogens (tertiary/aromatic N) is 3. The van der Waals surface area contributed by atoms with Crippen LogP contribution in [-0.2, 0) is 0 Å². The van der Waals surface area contributed by atoms with E-state index in [0.717, 1.165) is 11.4 Å². The van der Waals surface area contributed by atoms with Crippen molar-refractivity contribution in [2.45, 2.75) is 13.8 Å². The zero-order valence-corrected chi connectivity index (χ0v) is 8.76. The molecule has 6 nitrogen and oxygen atoms in total. The number of aromatic nitrogens is 3. The first kappa shape index (κ1) is 10.3. The summed E-state index contributed by atoms with van der Waals surface area (Å²) in [7, 11) is 0. The molecular weight excluding hydrogens is 210 g/mol. The van der Waals surface area contributed by atoms with Crippen LogP contribution in [0.4, 0.5) is 0 Å². The molecule has 16 heavy (non-hydrogen) atoms. The number of rotatable bonds is 2. The molecule has 0 aliphatic carbocycles. The Kier molecular flexibility index (Phi) is 2.40. The maximum atomic E-state index is 10.6. The summed E-state index contributed by atoms with van der Waals surface area (Å²) in [4.78, 5) is 14.8. The van der Waals surface area contributed by atoms with Crippen LogP contribution in [0.5, 0.6) is 0 Å². The number of aryl methyl sites for hydroxylation is 2. The van der Waals surface area contributed by atoms with Crippen LogP contribution in [0.1, 0.15) is 22.1 Å². The molecule has 0 aromatic carbocycles. The van der Waals surface area contributed by atoms with Crippen LogP contribution in [-0.4, -0.2) is 26.3 Å². The van der Waals surface area contributed by atoms with Gasteiger partial charge >= 0.3 is 11.9 Å². The summed E-state index contributed by atoms with van der Waals surface area (Å²) < 4.78 is 4.99. The SMILES string of the molecule is Cc1ccc(-c2nnc(C(=O)O)o2)c(C)n1. The van der Waals surface area contributed by atoms with E-state index >= 15 is 0 Å². The molecule has 2 heterocycles. The molecular formula is C10H9N3O3. The van der Waals surface area contributed by atoms with Crippen LogP contribution in [0.15, 0.2) is 16.5 Å². The fraction of sp³-hybridized carbons (Fsp3) is 0.200. The van der Waals surface area contributed by atoms with Crippen molar-refractivity contribution in [3.63, 3.8) is 0 Å². The molecule has 0 bridgehead atoms. The van der Waals surface area contributed by atoms with Crippen molar-refractivity contribution >= 4 is 5.97 Å². The highest BCUT2D eigenvalue weighted by molar-refractivity contribution is 5.82. The molecule has 82 valence electrons. The molecule has 0 saturated carbocycles. The van der Waals surface area contributed by atoms with Crippen LogP contribution in [0.25, 0.3) is 11.5 Å². The Balaban J connectivity index is 2.46. The van der Waals surface area contributed by atoms with Crippen molar-refractivity contribution in [1.29, 1.82) is 0 Å². The van der Waals surface area contributed by atoms with E-state index in [9.17, 15) is 4.79 Å². The number of carboxylic acid groups (broad SMARTS) is 1. The molecule has 0 saturated heterocycles. The van der Waals surface area contributed by atoms with Gasteiger partial charge < -0.3 is 9.52 Å². The molecule has 0 atom stereocenters. The Bertz CT molecular complexity index is 548. The van der Waals surface area contributed by atoms with Gasteiger partial charge in [0, 0.05) is 5.69 Å². The Morgan fingerprint density at radius 1 is 1.31 bits per heavy atom. The Morgan fingerprint density at radius 2 is 2.06 bits per heavy atom. The highest BCUT2D eigenvalue weighted by Crippen LogP contribution is 2.20. The van der Waals surface area contributed by atoms with E-state index in [1.807, 2.05) is 6.92 Å². The number of hydrogen-bond acceptors (Lipinski definition) is 5. The minimum Gasteiger partial charge on any atom is -0.474 e. The van der Waals surface area contributed by atoms with Crippen LogP contribution in [0.2, 0.25) is 0 Å². The lowest BCUT2D eigenvalue weighted by Gasteiger charge is -2.00. The molecule has 2 aromatic rings. The molecule has 2 rings (SSSR count). The fourth-order valence-electron chi connectivity index (χ4n) is 1.33. The predicted octanol–water partition coefficient (Wildman–Crippen LogP) is 1.45. The van der Waals surface area contributed by atoms with Crippen LogP contribution in [0, 0.1) is 13.8 Å². The van der Waals surface area contributed by atoms with Crippen molar-refractivity contribution < 1.29 is 14.3 Å². The lowest BCUT2D eigenvalue weighted by Crippen LogP contribution is -1.95. The van der Waals surface area contributed by atoms with E-state index in [1.165, 1.54) is 0 Å². The second-order valence-electron chi connectivity index (χ2n) is 3.30. The summed E-state index contributed by atoms with van der Waals surface area (Å²) in [6.07, 6.45) is 0. The van der Waals surface area contributed by atoms with Gasteiger partial charge in [-0.2, -0.15) is 0 Å². The van der Waals surface area contributed by atoms with Gasteiger partial charge in [-0.05, 0) is 26.0 Å². The van der Waals surface area contributed by atoms with Crippen molar-refractivity contribution in [3.8, 4) is 11.5 Å². The van der Waals surface area contributed by atoms with Gasteiger partial charge in [-0.3, -0.25) is 4.98 Å². The van der Waals surface area contributed by atoms with Crippen molar-refractivity contribution in [3.05, 3.63) is 29.4 Å². The maximum absolute atomic E-state index is 10.6. The molecule has 0 amide bonds. The van der Waals surface area contributed by atoms with Gasteiger partial charge in [0.25, 0.3) is 0 Å². The first-order chi connectivity index (χ1) is 7.58. The zero-order chi connectivity index (χ0) is 11.7. The lowest BCUT2D eigenvalue weighted by atomic mass is 10.2. The monoisotopic (exact) mass is 219 g/mol. The minimum atomic E-state index is -1.24. The Labute approximate surface area is 91.0 Å². The average Bonchev–Trinajstić information content (AvgIpc) is 2.66. The van der Waals surface area contributed by atoms with E-state index in [0.29, 0.717) is 5.56 Å². The molecule has 0 fully saturated rings. The van der Waals surface area contributed by atoms with E-state index < -0.39 is 11.9 Å². The number of aromatic carboxylic acids is 1. The normalized spacial score (nSPS) is 10.4. The van der Waals surface area contributed by atoms with E-state index in [1.54, 1.807) is 19.1 Å². The maximum Gasteiger partial charge on any atom is 0.393 e. The molecule has 2 aromatic heterocycles. The van der Waals surface area contributed by atoms with Gasteiger partial charge in [-0.15, -0.1) is 10.2 Å². The topological polar surface area (TPSA) is 89.1 Å². The third-order valence-electron chi connectivity index (χ3n) is 2.06. The van der Waals surface area contributed by atoms with Crippen molar-refractivity contribution in [2.75, 3.05) is 0 Å². The summed E-state index contributed by atoms with van der Waals surface area (Å²) in [5.41, 5.74) is 2.24. The van der Waals surface area contributed by atoms with Crippen LogP contribution < -0.4 is 0 Å². The smallest absolute Gasteiger partial charge is 0.393 e. The van der Waals surface area contributed by atoms with Gasteiger partial charge in [-0.25, -0.2) is 4.79 Å². The summed E-state index contributed by atoms with van der Waals surface area (Å²) in [6.45, 7) is 3.67. The molecule has 0 unspecified atom stereocenters. The van der Waals surface area contributed by atoms with E-state index in [2.05, 4.69) is 15.2 Å². The second-order valence-corrected chi connectivity index (χ2v) is 3.30. The van der Waals surface area contributed by atoms with Gasteiger partial charge in [0.15, 0.2) is 0 Å². The Hall–Kier alpha value is -2.24. The van der Waals surface area contributed by atoms with Crippen LogP contribution in [0.3, 0.4) is 0 Å². The molecule has 0 aliphatic heterocycles. The quantitative estimate of drug-likeness (QED) is 0.822. The predicted molar refractivity (Wildman–Crippen MR) is 54.0 cm³/mol. The molecule has 6 heteroatoms. The summed E-state index contributed by atoms with van der Waals surface area (Å²) in [5, 5.41) is 15.7. The van der Waals surface area contributed by atoms with E-state index in [4.69, 9.17) is 9.52 Å². The third kappa shape index (κ3) is 1.77. The van der Waals surface area contributed by atoms with Gasteiger partial charge in [0.2, 0.25) is 5.89 Å². The second kappa shape index (κ2) is 3.73. The van der Waals surface area contributed by atoms with Gasteiger partial charge in [0.05, 0.1) is 11.3 Å². The number of pyridine rings is 1. The summed E-state index contributed by atoms with van der Waals surface area (Å²) in [5.74, 6) is -1.49. The van der Waals surface area contributed by atoms with Crippen LogP contribution >= 0.6 is 0 Å². The third-order valence-corrected chi connectivity index (χ3v) is 2.06. The minimum absolute atomic E-state index is 0.169. The highest BCUT2D eigenvalue weighted by Gasteiger charge is 2.15. The summed E-state index contributed by atoms with van der Waals surface area (Å²) in [6, 6.07) is 3.57. The molecule has 0 radical (unpaired) electrons. The van der Waals surface area contributed by atoms with Gasteiger partial charge in [0.1, 0.15) is 0 Å². The first-order valence-electron chi connectivity index (χ1n) is 4.59. The number of carboxylic acids is 1. The first-order valence-corrected chi connectivity index (χ1v) is 4.59. The number of hydrogen-bond donors (Lipinski definition) is 1. The lowest BCUT2D eigenvalue weighted by molar-refractivity contribution is 0.0654. The summed E-state index contributed by atoms with van der Waals surface area (Å²) >= 11 is 0. The largest absolute Gasteiger partial charge is 0.474 e. The molecule has 1 N–H and O–H groups in total. The molecule has 0 spiro atoms. The molecule has 0 aliphatic rings. The van der Waals surface area contributed by atoms with Crippen molar-refractivity contribution in [2.24, 2.45) is 0 Å². The average molecular weight is 219 g/mol. The fourth-order valence-corrected chi connectivity index (χ4v) is 1.33. The highest BCUT2D eigenvalue weighted by atomic mass is 16.4. The van der Waals surface area contributed by atoms with E-state index in [-0.39, 0.29) is 5.89 Å². The zero-order valence-electron chi connectivity index (χ0n) is 8.76. The van der Waals surface area contributed by atoms with Gasteiger partial charge in [-0.1, -0.05) is 0 Å².